The average Bonchev–Trinajstić information content (AvgIpc) is 3.28. The lowest BCUT2D eigenvalue weighted by atomic mass is 9.63. The molecule has 58 heavy (non-hydrogen) atoms. The molecule has 0 heterocycles. The summed E-state index contributed by atoms with van der Waals surface area (Å²) in [6, 6.07) is 70.9. The van der Waals surface area contributed by atoms with E-state index in [1.54, 1.807) is 0 Å². The molecule has 0 nitrogen and oxygen atoms in total. The maximum atomic E-state index is 3.88. The van der Waals surface area contributed by atoms with E-state index in [1.165, 1.54) is 91.2 Å². The van der Waals surface area contributed by atoms with E-state index in [0.717, 1.165) is 19.3 Å². The van der Waals surface area contributed by atoms with Gasteiger partial charge in [-0.25, -0.2) is 0 Å². The first kappa shape index (κ1) is 40.4. The SMILES string of the molecule is PC1(P(C2(P)CCCCC2(c2ccccc2)c2ccccc2)C2(P)CCCCC2(c2ccccc2)c2ccccc2)CCCCC1(c1ccccc1)c1ccccc1. The molecule has 6 aromatic rings. The van der Waals surface area contributed by atoms with Crippen molar-refractivity contribution in [3.8, 4) is 0 Å². The van der Waals surface area contributed by atoms with E-state index in [4.69, 9.17) is 0 Å². The smallest absolute Gasteiger partial charge is 0.0333 e. The molecule has 0 N–H and O–H groups in total. The second kappa shape index (κ2) is 16.5. The van der Waals surface area contributed by atoms with Gasteiger partial charge >= 0.3 is 0 Å². The highest BCUT2D eigenvalue weighted by Gasteiger charge is 2.72. The standard InChI is InChI=1S/C54H60P4/c55-52(40-22-19-37-49(52,43-25-7-1-8-26-43)44-27-9-2-10-28-44)58(53(56)41-23-20-38-50(53,45-29-11-3-12-30-45)46-31-13-4-14-32-46)54(57)42-24-21-39-51(54,47-33-15-5-16-34-47)48-35-17-6-18-36-48/h1-18,25-36H,19-24,37-42,55-57H2. The second-order valence-electron chi connectivity index (χ2n) is 17.6. The van der Waals surface area contributed by atoms with Gasteiger partial charge in [0, 0.05) is 30.9 Å². The van der Waals surface area contributed by atoms with Crippen LogP contribution in [0.15, 0.2) is 182 Å². The molecule has 0 aliphatic heterocycles. The Balaban J connectivity index is 1.46. The Morgan fingerprint density at radius 1 is 0.259 bits per heavy atom. The molecule has 0 aromatic heterocycles. The molecule has 0 saturated heterocycles. The quantitative estimate of drug-likeness (QED) is 0.127. The number of hydrogen-bond acceptors (Lipinski definition) is 0. The van der Waals surface area contributed by atoms with Gasteiger partial charge in [0.05, 0.1) is 0 Å². The van der Waals surface area contributed by atoms with E-state index in [0.29, 0.717) is 0 Å². The number of hydrogen-bond donors (Lipinski definition) is 0. The Labute approximate surface area is 357 Å². The molecule has 3 saturated carbocycles. The summed E-state index contributed by atoms with van der Waals surface area (Å²) in [4.78, 5) is -0.527. The summed E-state index contributed by atoms with van der Waals surface area (Å²) < 4.78 is 0. The van der Waals surface area contributed by atoms with Gasteiger partial charge in [0.1, 0.15) is 0 Å². The van der Waals surface area contributed by atoms with Gasteiger partial charge in [0.25, 0.3) is 0 Å². The van der Waals surface area contributed by atoms with Crippen molar-refractivity contribution in [1.82, 2.24) is 0 Å². The van der Waals surface area contributed by atoms with E-state index < -0.39 is 7.92 Å². The summed E-state index contributed by atoms with van der Waals surface area (Å²) in [7, 11) is 10.7. The first-order valence-corrected chi connectivity index (χ1v) is 24.9. The Morgan fingerprint density at radius 3 is 0.621 bits per heavy atom. The van der Waals surface area contributed by atoms with Crippen LogP contribution in [0.4, 0.5) is 0 Å². The molecule has 6 atom stereocenters. The molecule has 296 valence electrons. The lowest BCUT2D eigenvalue weighted by molar-refractivity contribution is 0.276. The van der Waals surface area contributed by atoms with Gasteiger partial charge < -0.3 is 0 Å². The van der Waals surface area contributed by atoms with Crippen LogP contribution in [0.5, 0.6) is 0 Å². The first-order chi connectivity index (χ1) is 28.4. The highest BCUT2D eigenvalue weighted by Crippen LogP contribution is 2.90. The third kappa shape index (κ3) is 6.13. The van der Waals surface area contributed by atoms with Gasteiger partial charge in [-0.05, 0) is 71.9 Å². The highest BCUT2D eigenvalue weighted by atomic mass is 31.2. The van der Waals surface area contributed by atoms with Crippen LogP contribution >= 0.6 is 35.6 Å². The zero-order chi connectivity index (χ0) is 39.7. The Morgan fingerprint density at radius 2 is 0.431 bits per heavy atom. The Bertz CT molecular complexity index is 1870. The maximum absolute atomic E-state index is 3.88. The van der Waals surface area contributed by atoms with Crippen molar-refractivity contribution < 1.29 is 0 Å². The lowest BCUT2D eigenvalue weighted by Crippen LogP contribution is -2.63. The summed E-state index contributed by atoms with van der Waals surface area (Å²) in [6.45, 7) is 0. The molecular weight excluding hydrogens is 772 g/mol. The number of benzene rings is 6. The topological polar surface area (TPSA) is 0 Å². The Hall–Kier alpha value is -2.96. The van der Waals surface area contributed by atoms with E-state index in [-0.39, 0.29) is 30.9 Å². The van der Waals surface area contributed by atoms with Crippen LogP contribution in [0.25, 0.3) is 0 Å². The van der Waals surface area contributed by atoms with Gasteiger partial charge in [-0.2, -0.15) is 0 Å². The van der Waals surface area contributed by atoms with Gasteiger partial charge in [-0.3, -0.25) is 0 Å². The zero-order valence-corrected chi connectivity index (χ0v) is 38.3. The molecular formula is C54H60P4. The van der Waals surface area contributed by atoms with Crippen LogP contribution < -0.4 is 0 Å². The highest BCUT2D eigenvalue weighted by molar-refractivity contribution is 7.79. The molecule has 3 fully saturated rings. The fourth-order valence-corrected chi connectivity index (χ4v) is 25.9. The van der Waals surface area contributed by atoms with Crippen LogP contribution in [0.3, 0.4) is 0 Å². The van der Waals surface area contributed by atoms with Crippen LogP contribution in [0.1, 0.15) is 110 Å². The maximum Gasteiger partial charge on any atom is 0.0333 e. The van der Waals surface area contributed by atoms with E-state index >= 15 is 0 Å². The predicted molar refractivity (Wildman–Crippen MR) is 261 cm³/mol. The van der Waals surface area contributed by atoms with Gasteiger partial charge in [-0.1, -0.05) is 228 Å². The van der Waals surface area contributed by atoms with Crippen molar-refractivity contribution in [3.63, 3.8) is 0 Å². The molecule has 3 aliphatic carbocycles. The van der Waals surface area contributed by atoms with E-state index in [1.807, 2.05) is 0 Å². The van der Waals surface area contributed by atoms with Crippen LogP contribution in [0.2, 0.25) is 0 Å². The molecule has 3 aliphatic rings. The van der Waals surface area contributed by atoms with Gasteiger partial charge in [0.2, 0.25) is 0 Å². The Kier molecular flexibility index (Phi) is 11.5. The third-order valence-electron chi connectivity index (χ3n) is 15.1. The normalized spacial score (nSPS) is 26.9. The lowest BCUT2D eigenvalue weighted by Gasteiger charge is -2.72. The minimum atomic E-state index is -0.978. The zero-order valence-electron chi connectivity index (χ0n) is 34.0. The summed E-state index contributed by atoms with van der Waals surface area (Å²) >= 11 is 0. The molecule has 0 bridgehead atoms. The minimum Gasteiger partial charge on any atom is -0.125 e. The van der Waals surface area contributed by atoms with E-state index in [2.05, 4.69) is 210 Å². The minimum absolute atomic E-state index is 0.176. The van der Waals surface area contributed by atoms with Crippen molar-refractivity contribution in [2.75, 3.05) is 0 Å². The third-order valence-corrected chi connectivity index (χ3v) is 24.0. The summed E-state index contributed by atoms with van der Waals surface area (Å²) in [5, 5.41) is 0. The number of rotatable bonds is 9. The second-order valence-corrected chi connectivity index (χ2v) is 25.1. The molecule has 0 spiro atoms. The van der Waals surface area contributed by atoms with Crippen molar-refractivity contribution in [1.29, 1.82) is 0 Å². The molecule has 6 unspecified atom stereocenters. The van der Waals surface area contributed by atoms with Crippen LogP contribution in [-0.2, 0) is 16.2 Å². The van der Waals surface area contributed by atoms with Crippen LogP contribution in [0, 0.1) is 0 Å². The van der Waals surface area contributed by atoms with Gasteiger partial charge in [-0.15, -0.1) is 27.7 Å². The molecule has 4 heteroatoms. The monoisotopic (exact) mass is 832 g/mol. The average molecular weight is 833 g/mol. The van der Waals surface area contributed by atoms with E-state index in [9.17, 15) is 0 Å². The summed E-state index contributed by atoms with van der Waals surface area (Å²) in [5.74, 6) is 0. The van der Waals surface area contributed by atoms with Crippen LogP contribution in [-0.4, -0.2) is 14.7 Å². The predicted octanol–water partition coefficient (Wildman–Crippen LogP) is 14.9. The van der Waals surface area contributed by atoms with Crippen molar-refractivity contribution >= 4 is 35.6 Å². The van der Waals surface area contributed by atoms with Crippen molar-refractivity contribution in [2.45, 2.75) is 108 Å². The fraction of sp³-hybridized carbons (Fsp3) is 0.333. The molecule has 0 radical (unpaired) electrons. The summed E-state index contributed by atoms with van der Waals surface area (Å²) in [5.41, 5.74) is 8.22. The molecule has 0 amide bonds. The van der Waals surface area contributed by atoms with Gasteiger partial charge in [0.15, 0.2) is 0 Å². The fourth-order valence-electron chi connectivity index (χ4n) is 12.8. The van der Waals surface area contributed by atoms with Crippen molar-refractivity contribution in [3.05, 3.63) is 215 Å². The molecule has 9 rings (SSSR count). The summed E-state index contributed by atoms with van der Waals surface area (Å²) in [6.07, 6.45) is 14.3. The molecule has 6 aromatic carbocycles. The van der Waals surface area contributed by atoms with Crippen molar-refractivity contribution in [2.24, 2.45) is 0 Å². The first-order valence-electron chi connectivity index (χ1n) is 21.9. The largest absolute Gasteiger partial charge is 0.125 e.